The molecule has 0 aliphatic carbocycles. The quantitative estimate of drug-likeness (QED) is 0.707. The van der Waals surface area contributed by atoms with Gasteiger partial charge in [0.2, 0.25) is 0 Å². The number of unbranched alkanes of at least 4 members (excludes halogenated alkanes) is 1. The van der Waals surface area contributed by atoms with Gasteiger partial charge >= 0.3 is 0 Å². The number of amides is 1. The minimum atomic E-state index is -0.234. The lowest BCUT2D eigenvalue weighted by atomic mass is 10.2. The zero-order chi connectivity index (χ0) is 16.8. The predicted octanol–water partition coefficient (Wildman–Crippen LogP) is 3.17. The normalized spacial score (nSPS) is 10.3. The number of benzene rings is 1. The molecule has 0 unspecified atom stereocenters. The molecule has 6 nitrogen and oxygen atoms in total. The van der Waals surface area contributed by atoms with E-state index in [1.165, 1.54) is 0 Å². The molecule has 0 saturated carbocycles. The molecule has 1 aromatic carbocycles. The molecule has 3 aromatic rings. The average Bonchev–Trinajstić information content (AvgIpc) is 3.28. The summed E-state index contributed by atoms with van der Waals surface area (Å²) in [6.07, 6.45) is 2.60. The van der Waals surface area contributed by atoms with Crippen LogP contribution in [0.5, 0.6) is 0 Å². The first-order valence-electron chi connectivity index (χ1n) is 7.64. The van der Waals surface area contributed by atoms with Gasteiger partial charge in [-0.15, -0.1) is 0 Å². The van der Waals surface area contributed by atoms with Crippen molar-refractivity contribution in [3.05, 3.63) is 60.5 Å². The molecule has 0 atom stereocenters. The Balaban J connectivity index is 1.91. The van der Waals surface area contributed by atoms with Gasteiger partial charge in [-0.3, -0.25) is 4.79 Å². The fraction of sp³-hybridized carbons (Fsp3) is 0.167. The number of hydrogen-bond donors (Lipinski definition) is 1. The first-order valence-corrected chi connectivity index (χ1v) is 7.64. The fourth-order valence-corrected chi connectivity index (χ4v) is 2.31. The van der Waals surface area contributed by atoms with E-state index in [1.54, 1.807) is 29.1 Å². The number of carbonyl (C=O) groups is 1. The Bertz CT molecular complexity index is 845. The summed E-state index contributed by atoms with van der Waals surface area (Å²) >= 11 is 0. The highest BCUT2D eigenvalue weighted by Gasteiger charge is 2.18. The molecule has 0 aliphatic rings. The summed E-state index contributed by atoms with van der Waals surface area (Å²) in [7, 11) is 0. The number of nitriles is 1. The monoisotopic (exact) mass is 320 g/mol. The van der Waals surface area contributed by atoms with Crippen LogP contribution in [0.2, 0.25) is 0 Å². The van der Waals surface area contributed by atoms with Crippen LogP contribution in [-0.2, 0) is 0 Å². The topological polar surface area (TPSA) is 83.8 Å². The van der Waals surface area contributed by atoms with Crippen LogP contribution in [-0.4, -0.2) is 22.2 Å². The maximum Gasteiger partial charge on any atom is 0.270 e. The third kappa shape index (κ3) is 3.36. The Kier molecular flexibility index (Phi) is 4.73. The summed E-state index contributed by atoms with van der Waals surface area (Å²) in [5.41, 5.74) is 1.80. The lowest BCUT2D eigenvalue weighted by molar-refractivity contribution is 0.0945. The van der Waals surface area contributed by atoms with E-state index in [0.717, 1.165) is 5.69 Å². The summed E-state index contributed by atoms with van der Waals surface area (Å²) < 4.78 is 6.97. The van der Waals surface area contributed by atoms with Crippen LogP contribution >= 0.6 is 0 Å². The zero-order valence-corrected chi connectivity index (χ0v) is 13.0. The van der Waals surface area contributed by atoms with Gasteiger partial charge in [-0.05, 0) is 30.7 Å². The molecule has 0 aliphatic heterocycles. The molecule has 1 amide bonds. The molecule has 0 fully saturated rings. The highest BCUT2D eigenvalue weighted by molar-refractivity contribution is 5.94. The molecular weight excluding hydrogens is 304 g/mol. The van der Waals surface area contributed by atoms with Gasteiger partial charge in [-0.2, -0.15) is 10.4 Å². The Hall–Kier alpha value is -3.33. The minimum Gasteiger partial charge on any atom is -0.463 e. The van der Waals surface area contributed by atoms with E-state index >= 15 is 0 Å². The number of para-hydroxylation sites is 1. The molecule has 3 rings (SSSR count). The molecule has 0 saturated heterocycles. The Labute approximate surface area is 139 Å². The summed E-state index contributed by atoms with van der Waals surface area (Å²) in [5, 5.41) is 15.9. The molecule has 2 heterocycles. The molecule has 0 radical (unpaired) electrons. The second kappa shape index (κ2) is 7.29. The van der Waals surface area contributed by atoms with Gasteiger partial charge < -0.3 is 9.73 Å². The van der Waals surface area contributed by atoms with Gasteiger partial charge in [-0.25, -0.2) is 4.68 Å². The van der Waals surface area contributed by atoms with Crippen molar-refractivity contribution >= 4 is 5.91 Å². The van der Waals surface area contributed by atoms with Gasteiger partial charge in [0.1, 0.15) is 11.4 Å². The lowest BCUT2D eigenvalue weighted by Crippen LogP contribution is -2.26. The van der Waals surface area contributed by atoms with Crippen molar-refractivity contribution in [2.75, 3.05) is 6.54 Å². The Morgan fingerprint density at radius 3 is 2.79 bits per heavy atom. The SMILES string of the molecule is N#CCCCNC(=O)c1cc(-c2ccco2)nn1-c1ccccc1. The van der Waals surface area contributed by atoms with Crippen LogP contribution in [0, 0.1) is 11.3 Å². The number of nitrogens with zero attached hydrogens (tertiary/aromatic N) is 3. The second-order valence-electron chi connectivity index (χ2n) is 5.16. The molecule has 6 heteroatoms. The number of aromatic nitrogens is 2. The van der Waals surface area contributed by atoms with Crippen molar-refractivity contribution in [1.82, 2.24) is 15.1 Å². The van der Waals surface area contributed by atoms with Crippen LogP contribution in [0.3, 0.4) is 0 Å². The average molecular weight is 320 g/mol. The molecular formula is C18H16N4O2. The van der Waals surface area contributed by atoms with E-state index in [1.807, 2.05) is 30.3 Å². The third-order valence-electron chi connectivity index (χ3n) is 3.47. The zero-order valence-electron chi connectivity index (χ0n) is 13.0. The molecule has 1 N–H and O–H groups in total. The van der Waals surface area contributed by atoms with Crippen LogP contribution in [0.1, 0.15) is 23.3 Å². The number of furan rings is 1. The predicted molar refractivity (Wildman–Crippen MR) is 88.4 cm³/mol. The van der Waals surface area contributed by atoms with Crippen molar-refractivity contribution in [3.8, 4) is 23.2 Å². The van der Waals surface area contributed by atoms with Crippen LogP contribution in [0.15, 0.2) is 59.2 Å². The van der Waals surface area contributed by atoms with Crippen molar-refractivity contribution < 1.29 is 9.21 Å². The Morgan fingerprint density at radius 2 is 2.08 bits per heavy atom. The molecule has 120 valence electrons. The summed E-state index contributed by atoms with van der Waals surface area (Å²) in [6.45, 7) is 0.447. The number of rotatable bonds is 6. The van der Waals surface area contributed by atoms with Gasteiger partial charge in [0.25, 0.3) is 5.91 Å². The smallest absolute Gasteiger partial charge is 0.270 e. The van der Waals surface area contributed by atoms with Gasteiger partial charge in [0.05, 0.1) is 18.0 Å². The van der Waals surface area contributed by atoms with E-state index in [0.29, 0.717) is 36.5 Å². The standard InChI is InChI=1S/C18H16N4O2/c19-10-4-5-11-20-18(23)16-13-15(17-9-6-12-24-17)21-22(16)14-7-2-1-3-8-14/h1-3,6-9,12-13H,4-5,11H2,(H,20,23). The van der Waals surface area contributed by atoms with E-state index in [2.05, 4.69) is 16.5 Å². The first-order chi connectivity index (χ1) is 11.8. The van der Waals surface area contributed by atoms with Gasteiger partial charge in [0, 0.05) is 19.0 Å². The minimum absolute atomic E-state index is 0.234. The summed E-state index contributed by atoms with van der Waals surface area (Å²) in [4.78, 5) is 12.5. The third-order valence-corrected chi connectivity index (χ3v) is 3.47. The second-order valence-corrected chi connectivity index (χ2v) is 5.16. The highest BCUT2D eigenvalue weighted by atomic mass is 16.3. The number of carbonyl (C=O) groups excluding carboxylic acids is 1. The van der Waals surface area contributed by atoms with E-state index < -0.39 is 0 Å². The maximum absolute atomic E-state index is 12.5. The number of nitrogens with one attached hydrogen (secondary N) is 1. The van der Waals surface area contributed by atoms with E-state index in [9.17, 15) is 4.79 Å². The summed E-state index contributed by atoms with van der Waals surface area (Å²) in [5.74, 6) is 0.366. The molecule has 0 bridgehead atoms. The van der Waals surface area contributed by atoms with Crippen molar-refractivity contribution in [3.63, 3.8) is 0 Å². The fourth-order valence-electron chi connectivity index (χ4n) is 2.31. The molecule has 0 spiro atoms. The molecule has 24 heavy (non-hydrogen) atoms. The van der Waals surface area contributed by atoms with Crippen LogP contribution in [0.4, 0.5) is 0 Å². The number of hydrogen-bond acceptors (Lipinski definition) is 4. The van der Waals surface area contributed by atoms with Crippen molar-refractivity contribution in [2.24, 2.45) is 0 Å². The largest absolute Gasteiger partial charge is 0.463 e. The van der Waals surface area contributed by atoms with Crippen LogP contribution in [0.25, 0.3) is 17.1 Å². The van der Waals surface area contributed by atoms with E-state index in [-0.39, 0.29) is 5.91 Å². The van der Waals surface area contributed by atoms with Crippen molar-refractivity contribution in [2.45, 2.75) is 12.8 Å². The Morgan fingerprint density at radius 1 is 1.25 bits per heavy atom. The molecule has 2 aromatic heterocycles. The maximum atomic E-state index is 12.5. The van der Waals surface area contributed by atoms with E-state index in [4.69, 9.17) is 9.68 Å². The van der Waals surface area contributed by atoms with Gasteiger partial charge in [-0.1, -0.05) is 18.2 Å². The van der Waals surface area contributed by atoms with Crippen LogP contribution < -0.4 is 5.32 Å². The highest BCUT2D eigenvalue weighted by Crippen LogP contribution is 2.22. The van der Waals surface area contributed by atoms with Gasteiger partial charge in [0.15, 0.2) is 5.76 Å². The summed E-state index contributed by atoms with van der Waals surface area (Å²) in [6, 6.07) is 16.8. The first kappa shape index (κ1) is 15.6. The lowest BCUT2D eigenvalue weighted by Gasteiger charge is -2.07. The van der Waals surface area contributed by atoms with Crippen molar-refractivity contribution in [1.29, 1.82) is 5.26 Å².